The largest absolute Gasteiger partial charge is 0.451 e. The predicted molar refractivity (Wildman–Crippen MR) is 67.1 cm³/mol. The van der Waals surface area contributed by atoms with Crippen LogP contribution >= 0.6 is 0 Å². The summed E-state index contributed by atoms with van der Waals surface area (Å²) in [5.74, 6) is 4.08. The molecule has 3 N–H and O–H groups in total. The first-order valence-corrected chi connectivity index (χ1v) is 6.15. The minimum Gasteiger partial charge on any atom is -0.381 e. The van der Waals surface area contributed by atoms with E-state index in [0.717, 1.165) is 12.8 Å². The molecule has 0 bridgehead atoms. The van der Waals surface area contributed by atoms with Crippen molar-refractivity contribution in [1.29, 1.82) is 0 Å². The number of aromatic nitrogens is 2. The Balaban J connectivity index is 2.29. The van der Waals surface area contributed by atoms with E-state index in [2.05, 4.69) is 15.4 Å². The second-order valence-corrected chi connectivity index (χ2v) is 4.53. The molecule has 0 spiro atoms. The maximum atomic E-state index is 12.8. The van der Waals surface area contributed by atoms with Gasteiger partial charge in [0.25, 0.3) is 0 Å². The molecule has 9 heteroatoms. The first-order valence-electron chi connectivity index (χ1n) is 6.15. The summed E-state index contributed by atoms with van der Waals surface area (Å²) < 4.78 is 43.5. The van der Waals surface area contributed by atoms with Gasteiger partial charge in [-0.25, -0.2) is 15.8 Å². The average Bonchev–Trinajstić information content (AvgIpc) is 2.46. The third kappa shape index (κ3) is 3.28. The third-order valence-corrected chi connectivity index (χ3v) is 3.21. The first-order chi connectivity index (χ1) is 9.41. The number of ether oxygens (including phenoxy) is 1. The number of halogens is 3. The van der Waals surface area contributed by atoms with E-state index in [0.29, 0.717) is 13.2 Å². The molecule has 1 fully saturated rings. The van der Waals surface area contributed by atoms with E-state index in [4.69, 9.17) is 10.6 Å². The van der Waals surface area contributed by atoms with Crippen LogP contribution in [0.25, 0.3) is 0 Å². The van der Waals surface area contributed by atoms with Crippen LogP contribution in [-0.4, -0.2) is 36.3 Å². The van der Waals surface area contributed by atoms with E-state index in [1.165, 1.54) is 6.07 Å². The zero-order chi connectivity index (χ0) is 14.8. The number of hydrogen-bond acceptors (Lipinski definition) is 6. The van der Waals surface area contributed by atoms with Crippen molar-refractivity contribution in [3.8, 4) is 0 Å². The van der Waals surface area contributed by atoms with Crippen LogP contribution in [0.1, 0.15) is 18.7 Å². The van der Waals surface area contributed by atoms with Crippen LogP contribution in [0.4, 0.5) is 24.8 Å². The normalized spacial score (nSPS) is 17.1. The van der Waals surface area contributed by atoms with Crippen molar-refractivity contribution in [2.24, 2.45) is 5.84 Å². The molecule has 0 aliphatic carbocycles. The highest BCUT2D eigenvalue weighted by atomic mass is 19.4. The summed E-state index contributed by atoms with van der Waals surface area (Å²) >= 11 is 0. The van der Waals surface area contributed by atoms with E-state index in [1.54, 1.807) is 11.9 Å². The second kappa shape index (κ2) is 5.80. The number of nitrogen functional groups attached to an aromatic ring is 1. The lowest BCUT2D eigenvalue weighted by molar-refractivity contribution is -0.144. The summed E-state index contributed by atoms with van der Waals surface area (Å²) in [5.41, 5.74) is 2.14. The number of nitrogens with two attached hydrogens (primary N) is 1. The monoisotopic (exact) mass is 291 g/mol. The maximum Gasteiger partial charge on any atom is 0.451 e. The van der Waals surface area contributed by atoms with Gasteiger partial charge in [-0.1, -0.05) is 0 Å². The molecule has 0 amide bonds. The van der Waals surface area contributed by atoms with Crippen molar-refractivity contribution in [3.63, 3.8) is 0 Å². The molecular formula is C11H16F3N5O. The van der Waals surface area contributed by atoms with Gasteiger partial charge in [0.1, 0.15) is 11.6 Å². The van der Waals surface area contributed by atoms with Gasteiger partial charge in [0.2, 0.25) is 5.82 Å². The zero-order valence-electron chi connectivity index (χ0n) is 10.9. The molecule has 1 aliphatic heterocycles. The van der Waals surface area contributed by atoms with Crippen LogP contribution in [0.3, 0.4) is 0 Å². The first kappa shape index (κ1) is 14.8. The fourth-order valence-corrected chi connectivity index (χ4v) is 2.08. The van der Waals surface area contributed by atoms with Gasteiger partial charge in [-0.3, -0.25) is 0 Å². The highest BCUT2D eigenvalue weighted by Gasteiger charge is 2.36. The molecule has 20 heavy (non-hydrogen) atoms. The van der Waals surface area contributed by atoms with Crippen LogP contribution in [0.2, 0.25) is 0 Å². The van der Waals surface area contributed by atoms with Crippen LogP contribution in [0.15, 0.2) is 6.07 Å². The molecule has 1 aromatic rings. The molecule has 0 aromatic carbocycles. The molecule has 0 radical (unpaired) electrons. The molecule has 1 aliphatic rings. The number of alkyl halides is 3. The van der Waals surface area contributed by atoms with Gasteiger partial charge in [0.15, 0.2) is 0 Å². The Morgan fingerprint density at radius 3 is 2.55 bits per heavy atom. The molecule has 0 atom stereocenters. The van der Waals surface area contributed by atoms with Crippen LogP contribution in [0, 0.1) is 0 Å². The van der Waals surface area contributed by atoms with E-state index in [1.807, 2.05) is 0 Å². The van der Waals surface area contributed by atoms with Crippen molar-refractivity contribution in [2.45, 2.75) is 25.1 Å². The number of nitrogens with one attached hydrogen (secondary N) is 1. The zero-order valence-corrected chi connectivity index (χ0v) is 10.9. The standard InChI is InChI=1S/C11H16F3N5O/c1-19(7-2-4-20-5-3-7)9-6-8(18-15)16-10(17-9)11(12,13)14/h6-7H,2-5,15H2,1H3,(H,16,17,18). The molecule has 0 saturated carbocycles. The number of rotatable bonds is 3. The summed E-state index contributed by atoms with van der Waals surface area (Å²) in [4.78, 5) is 8.62. The van der Waals surface area contributed by atoms with Gasteiger partial charge in [0.05, 0.1) is 0 Å². The highest BCUT2D eigenvalue weighted by molar-refractivity contribution is 5.49. The Labute approximate surface area is 114 Å². The lowest BCUT2D eigenvalue weighted by Crippen LogP contribution is -2.37. The molecule has 2 heterocycles. The number of hydrazine groups is 1. The van der Waals surface area contributed by atoms with Crippen molar-refractivity contribution < 1.29 is 17.9 Å². The Bertz CT molecular complexity index is 462. The van der Waals surface area contributed by atoms with E-state index in [-0.39, 0.29) is 17.7 Å². The molecule has 1 aromatic heterocycles. The summed E-state index contributed by atoms with van der Waals surface area (Å²) in [5, 5.41) is 0. The molecular weight excluding hydrogens is 275 g/mol. The topological polar surface area (TPSA) is 76.3 Å². The minimum atomic E-state index is -4.61. The van der Waals surface area contributed by atoms with Gasteiger partial charge < -0.3 is 15.1 Å². The molecule has 2 rings (SSSR count). The Hall–Kier alpha value is -1.61. The fraction of sp³-hybridized carbons (Fsp3) is 0.636. The van der Waals surface area contributed by atoms with E-state index >= 15 is 0 Å². The van der Waals surface area contributed by atoms with Gasteiger partial charge in [-0.2, -0.15) is 13.2 Å². The van der Waals surface area contributed by atoms with Gasteiger partial charge in [-0.15, -0.1) is 0 Å². The fourth-order valence-electron chi connectivity index (χ4n) is 2.08. The van der Waals surface area contributed by atoms with Crippen LogP contribution < -0.4 is 16.2 Å². The Morgan fingerprint density at radius 2 is 2.00 bits per heavy atom. The van der Waals surface area contributed by atoms with Gasteiger partial charge in [-0.05, 0) is 12.8 Å². The number of anilines is 2. The highest BCUT2D eigenvalue weighted by Crippen LogP contribution is 2.30. The summed E-state index contributed by atoms with van der Waals surface area (Å²) in [6, 6.07) is 1.48. The van der Waals surface area contributed by atoms with Crippen molar-refractivity contribution in [3.05, 3.63) is 11.9 Å². The van der Waals surface area contributed by atoms with Gasteiger partial charge >= 0.3 is 6.18 Å². The van der Waals surface area contributed by atoms with Gasteiger partial charge in [0, 0.05) is 32.4 Å². The van der Waals surface area contributed by atoms with E-state index < -0.39 is 12.0 Å². The average molecular weight is 291 g/mol. The quantitative estimate of drug-likeness (QED) is 0.647. The van der Waals surface area contributed by atoms with Crippen molar-refractivity contribution >= 4 is 11.6 Å². The summed E-state index contributed by atoms with van der Waals surface area (Å²) in [6.45, 7) is 1.18. The summed E-state index contributed by atoms with van der Waals surface area (Å²) in [6.07, 6.45) is -3.13. The molecule has 0 unspecified atom stereocenters. The smallest absolute Gasteiger partial charge is 0.381 e. The number of hydrogen-bond donors (Lipinski definition) is 2. The molecule has 1 saturated heterocycles. The molecule has 112 valence electrons. The van der Waals surface area contributed by atoms with Crippen molar-refractivity contribution in [2.75, 3.05) is 30.6 Å². The lowest BCUT2D eigenvalue weighted by Gasteiger charge is -2.32. The Kier molecular flexibility index (Phi) is 4.29. The SMILES string of the molecule is CN(c1cc(NN)nc(C(F)(F)F)n1)C1CCOCC1. The van der Waals surface area contributed by atoms with Crippen molar-refractivity contribution in [1.82, 2.24) is 9.97 Å². The predicted octanol–water partition coefficient (Wildman–Crippen LogP) is 1.40. The van der Waals surface area contributed by atoms with Crippen LogP contribution in [-0.2, 0) is 10.9 Å². The Morgan fingerprint density at radius 1 is 1.35 bits per heavy atom. The minimum absolute atomic E-state index is 0.0683. The van der Waals surface area contributed by atoms with E-state index in [9.17, 15) is 13.2 Å². The van der Waals surface area contributed by atoms with Crippen LogP contribution in [0.5, 0.6) is 0 Å². The number of nitrogens with zero attached hydrogens (tertiary/aromatic N) is 3. The maximum absolute atomic E-state index is 12.8. The summed E-state index contributed by atoms with van der Waals surface area (Å²) in [7, 11) is 1.71. The third-order valence-electron chi connectivity index (χ3n) is 3.21. The second-order valence-electron chi connectivity index (χ2n) is 4.53. The molecule has 6 nitrogen and oxygen atoms in total. The lowest BCUT2D eigenvalue weighted by atomic mass is 10.1.